The molecule has 37 heavy (non-hydrogen) atoms. The summed E-state index contributed by atoms with van der Waals surface area (Å²) in [5, 5.41) is 6.19. The Morgan fingerprint density at radius 1 is 1.05 bits per heavy atom. The van der Waals surface area contributed by atoms with Gasteiger partial charge in [-0.25, -0.2) is 0 Å². The van der Waals surface area contributed by atoms with Crippen LogP contribution in [0.2, 0.25) is 10.0 Å². The molecule has 0 aliphatic carbocycles. The summed E-state index contributed by atoms with van der Waals surface area (Å²) >= 11 is 12.3. The third-order valence-corrected chi connectivity index (χ3v) is 7.22. The maximum absolute atomic E-state index is 13.7. The van der Waals surface area contributed by atoms with Gasteiger partial charge in [-0.15, -0.1) is 5.10 Å². The van der Waals surface area contributed by atoms with Crippen LogP contribution >= 0.6 is 23.2 Å². The van der Waals surface area contributed by atoms with E-state index in [4.69, 9.17) is 32.7 Å². The minimum absolute atomic E-state index is 0.0376. The van der Waals surface area contributed by atoms with Gasteiger partial charge in [0.25, 0.3) is 5.91 Å². The van der Waals surface area contributed by atoms with Crippen LogP contribution in [0, 0.1) is 6.92 Å². The number of carbonyl (C=O) groups is 2. The van der Waals surface area contributed by atoms with Crippen molar-refractivity contribution in [2.75, 3.05) is 23.3 Å². The highest BCUT2D eigenvalue weighted by Crippen LogP contribution is 2.35. The van der Waals surface area contributed by atoms with Crippen LogP contribution in [0.3, 0.4) is 0 Å². The second-order valence-corrected chi connectivity index (χ2v) is 10.4. The van der Waals surface area contributed by atoms with E-state index >= 15 is 0 Å². The molecule has 0 saturated heterocycles. The predicted molar refractivity (Wildman–Crippen MR) is 145 cm³/mol. The summed E-state index contributed by atoms with van der Waals surface area (Å²) in [6.45, 7) is 3.23. The lowest BCUT2D eigenvalue weighted by Gasteiger charge is -2.25. The van der Waals surface area contributed by atoms with Crippen LogP contribution < -0.4 is 19.4 Å². The number of hydrogen-bond donors (Lipinski definition) is 0. The van der Waals surface area contributed by atoms with Crippen molar-refractivity contribution in [3.05, 3.63) is 76.3 Å². The van der Waals surface area contributed by atoms with Crippen molar-refractivity contribution in [3.63, 3.8) is 0 Å². The predicted octanol–water partition coefficient (Wildman–Crippen LogP) is 5.21. The molecule has 0 radical (unpaired) electrons. The normalized spacial score (nSPS) is 15.8. The Morgan fingerprint density at radius 3 is 2.35 bits per heavy atom. The van der Waals surface area contributed by atoms with Crippen LogP contribution in [0.5, 0.6) is 11.5 Å². The van der Waals surface area contributed by atoms with Crippen molar-refractivity contribution in [2.24, 2.45) is 5.10 Å². The number of amidine groups is 1. The fraction of sp³-hybridized carbons (Fsp3) is 0.192. The van der Waals surface area contributed by atoms with Crippen molar-refractivity contribution in [2.45, 2.75) is 24.8 Å². The SMILES string of the molecule is COc1ccc(C)cc1N(C(C)=O)C1=NN(c2ccc(Cl)c(Cl)c2)C(=O)C1Oc1ccc(S(C)=O)cc1. The van der Waals surface area contributed by atoms with Gasteiger partial charge in [0.2, 0.25) is 12.0 Å². The molecule has 1 aliphatic rings. The third-order valence-electron chi connectivity index (χ3n) is 5.55. The van der Waals surface area contributed by atoms with Gasteiger partial charge >= 0.3 is 0 Å². The summed E-state index contributed by atoms with van der Waals surface area (Å²) in [5.41, 5.74) is 1.62. The number of anilines is 2. The van der Waals surface area contributed by atoms with Gasteiger partial charge in [0, 0.05) is 28.9 Å². The zero-order valence-electron chi connectivity index (χ0n) is 20.4. The average Bonchev–Trinajstić information content (AvgIpc) is 3.17. The molecule has 1 heterocycles. The molecule has 8 nitrogen and oxygen atoms in total. The van der Waals surface area contributed by atoms with Crippen LogP contribution in [0.25, 0.3) is 0 Å². The number of amides is 2. The second kappa shape index (κ2) is 10.9. The van der Waals surface area contributed by atoms with Crippen LogP contribution in [0.4, 0.5) is 11.4 Å². The summed E-state index contributed by atoms with van der Waals surface area (Å²) in [7, 11) is 0.310. The molecule has 0 spiro atoms. The van der Waals surface area contributed by atoms with Crippen molar-refractivity contribution in [3.8, 4) is 11.5 Å². The van der Waals surface area contributed by atoms with Gasteiger partial charge in [0.1, 0.15) is 11.5 Å². The van der Waals surface area contributed by atoms with Crippen molar-refractivity contribution >= 4 is 63.0 Å². The zero-order chi connectivity index (χ0) is 26.9. The largest absolute Gasteiger partial charge is 0.495 e. The Kier molecular flexibility index (Phi) is 7.87. The van der Waals surface area contributed by atoms with E-state index in [1.165, 1.54) is 25.0 Å². The number of hydrazone groups is 1. The molecule has 2 atom stereocenters. The number of benzene rings is 3. The Hall–Kier alpha value is -3.40. The van der Waals surface area contributed by atoms with E-state index in [1.807, 2.05) is 13.0 Å². The molecular formula is C26H23Cl2N3O5S. The van der Waals surface area contributed by atoms with Gasteiger partial charge in [-0.1, -0.05) is 29.3 Å². The van der Waals surface area contributed by atoms with E-state index in [-0.39, 0.29) is 10.9 Å². The molecule has 4 rings (SSSR count). The summed E-state index contributed by atoms with van der Waals surface area (Å²) in [5.74, 6) is -0.171. The van der Waals surface area contributed by atoms with Crippen LogP contribution in [-0.2, 0) is 20.4 Å². The van der Waals surface area contributed by atoms with E-state index < -0.39 is 28.7 Å². The molecule has 0 bridgehead atoms. The fourth-order valence-electron chi connectivity index (χ4n) is 3.77. The number of rotatable bonds is 6. The monoisotopic (exact) mass is 559 g/mol. The van der Waals surface area contributed by atoms with E-state index in [0.717, 1.165) is 10.6 Å². The van der Waals surface area contributed by atoms with Gasteiger partial charge < -0.3 is 9.47 Å². The van der Waals surface area contributed by atoms with Gasteiger partial charge in [0.15, 0.2) is 5.84 Å². The van der Waals surface area contributed by atoms with Gasteiger partial charge in [-0.2, -0.15) is 5.01 Å². The van der Waals surface area contributed by atoms with E-state index in [1.54, 1.807) is 54.8 Å². The van der Waals surface area contributed by atoms with Crippen molar-refractivity contribution in [1.29, 1.82) is 0 Å². The Labute approximate surface area is 226 Å². The molecule has 0 N–H and O–H groups in total. The quantitative estimate of drug-likeness (QED) is 0.413. The number of halogens is 2. The maximum atomic E-state index is 13.7. The lowest BCUT2D eigenvalue weighted by molar-refractivity contribution is -0.121. The molecule has 2 unspecified atom stereocenters. The summed E-state index contributed by atoms with van der Waals surface area (Å²) in [6.07, 6.45) is 0.275. The standard InChI is InChI=1S/C26H23Cl2N3O5S/c1-15-5-12-23(35-3)22(13-15)30(16(2)32)25-24(36-18-7-9-19(10-8-18)37(4)34)26(33)31(29-25)17-6-11-20(27)21(28)14-17/h5-14,24H,1-4H3. The number of nitrogens with zero attached hydrogens (tertiary/aromatic N) is 3. The topological polar surface area (TPSA) is 88.5 Å². The first kappa shape index (κ1) is 26.7. The molecule has 0 fully saturated rings. The molecule has 3 aromatic carbocycles. The van der Waals surface area contributed by atoms with Crippen molar-refractivity contribution < 1.29 is 23.3 Å². The third kappa shape index (κ3) is 5.49. The molecule has 2 amide bonds. The summed E-state index contributed by atoms with van der Waals surface area (Å²) < 4.78 is 23.4. The lowest BCUT2D eigenvalue weighted by Crippen LogP contribution is -2.46. The molecular weight excluding hydrogens is 537 g/mol. The first-order valence-electron chi connectivity index (χ1n) is 11.0. The van der Waals surface area contributed by atoms with E-state index in [0.29, 0.717) is 32.8 Å². The number of hydrogen-bond acceptors (Lipinski definition) is 6. The van der Waals surface area contributed by atoms with Crippen molar-refractivity contribution in [1.82, 2.24) is 0 Å². The van der Waals surface area contributed by atoms with Gasteiger partial charge in [0.05, 0.1) is 28.5 Å². The number of aryl methyl sites for hydroxylation is 1. The van der Waals surface area contributed by atoms with Gasteiger partial charge in [-0.3, -0.25) is 18.7 Å². The first-order chi connectivity index (χ1) is 17.6. The Bertz CT molecular complexity index is 1430. The van der Waals surface area contributed by atoms with Gasteiger partial charge in [-0.05, 0) is 67.1 Å². The highest BCUT2D eigenvalue weighted by Gasteiger charge is 2.44. The molecule has 11 heteroatoms. The average molecular weight is 560 g/mol. The minimum Gasteiger partial charge on any atom is -0.495 e. The summed E-state index contributed by atoms with van der Waals surface area (Å²) in [4.78, 5) is 28.6. The Morgan fingerprint density at radius 2 is 1.76 bits per heavy atom. The molecule has 1 aliphatic heterocycles. The van der Waals surface area contributed by atoms with Crippen LogP contribution in [0.1, 0.15) is 12.5 Å². The second-order valence-electron chi connectivity index (χ2n) is 8.16. The molecule has 0 saturated carbocycles. The smallest absolute Gasteiger partial charge is 0.296 e. The summed E-state index contributed by atoms with van der Waals surface area (Å²) in [6, 6.07) is 16.5. The fourth-order valence-corrected chi connectivity index (χ4v) is 4.58. The minimum atomic E-state index is -1.29. The number of ether oxygens (including phenoxy) is 2. The molecule has 192 valence electrons. The van der Waals surface area contributed by atoms with Crippen LogP contribution in [-0.4, -0.2) is 41.3 Å². The number of carbonyl (C=O) groups excluding carboxylic acids is 2. The maximum Gasteiger partial charge on any atom is 0.296 e. The zero-order valence-corrected chi connectivity index (χ0v) is 22.7. The van der Waals surface area contributed by atoms with E-state index in [2.05, 4.69) is 5.10 Å². The first-order valence-corrected chi connectivity index (χ1v) is 13.3. The lowest BCUT2D eigenvalue weighted by atomic mass is 10.1. The number of methoxy groups -OCH3 is 1. The molecule has 0 aromatic heterocycles. The highest BCUT2D eigenvalue weighted by molar-refractivity contribution is 7.84. The highest BCUT2D eigenvalue weighted by atomic mass is 35.5. The Balaban J connectivity index is 1.84. The molecule has 3 aromatic rings. The van der Waals surface area contributed by atoms with E-state index in [9.17, 15) is 13.8 Å². The van der Waals surface area contributed by atoms with Crippen LogP contribution in [0.15, 0.2) is 70.7 Å².